The van der Waals surface area contributed by atoms with E-state index in [1.165, 1.54) is 5.56 Å². The van der Waals surface area contributed by atoms with Gasteiger partial charge in [-0.2, -0.15) is 0 Å². The van der Waals surface area contributed by atoms with Crippen LogP contribution in [0, 0.1) is 0 Å². The molecule has 0 atom stereocenters. The van der Waals surface area contributed by atoms with Crippen LogP contribution in [0.1, 0.15) is 52.0 Å². The molecule has 25 heavy (non-hydrogen) atoms. The van der Waals surface area contributed by atoms with Crippen LogP contribution in [0.4, 0.5) is 0 Å². The van der Waals surface area contributed by atoms with Crippen molar-refractivity contribution in [2.45, 2.75) is 46.0 Å². The van der Waals surface area contributed by atoms with Gasteiger partial charge in [-0.3, -0.25) is 0 Å². The van der Waals surface area contributed by atoms with E-state index in [2.05, 4.69) is 68.9 Å². The number of hydrogen-bond donors (Lipinski definition) is 0. The van der Waals surface area contributed by atoms with Gasteiger partial charge in [0.05, 0.1) is 0 Å². The molecule has 0 fully saturated rings. The summed E-state index contributed by atoms with van der Waals surface area (Å²) in [5.74, 6) is 1.85. The minimum absolute atomic E-state index is 0.128. The monoisotopic (exact) mass is 334 g/mol. The van der Waals surface area contributed by atoms with Crippen LogP contribution in [-0.4, -0.2) is 9.97 Å². The van der Waals surface area contributed by atoms with Crippen LogP contribution in [0.25, 0.3) is 33.7 Å². The van der Waals surface area contributed by atoms with Gasteiger partial charge in [0.1, 0.15) is 11.0 Å². The Hall–Kier alpha value is -2.62. The SMILES string of the molecule is CC(C)c1ccc(-c2nc3cc4nc(C(C)(C)C)oc4cc3o2)cc1. The first kappa shape index (κ1) is 15.9. The van der Waals surface area contributed by atoms with Crippen LogP contribution in [0.15, 0.2) is 45.2 Å². The average molecular weight is 334 g/mol. The predicted octanol–water partition coefficient (Wildman–Crippen LogP) is 6.06. The van der Waals surface area contributed by atoms with Gasteiger partial charge >= 0.3 is 0 Å². The predicted molar refractivity (Wildman–Crippen MR) is 99.8 cm³/mol. The fourth-order valence-corrected chi connectivity index (χ4v) is 2.80. The first-order chi connectivity index (χ1) is 11.8. The van der Waals surface area contributed by atoms with Crippen LogP contribution >= 0.6 is 0 Å². The van der Waals surface area contributed by atoms with Gasteiger partial charge in [0.2, 0.25) is 11.8 Å². The third-order valence-electron chi connectivity index (χ3n) is 4.36. The van der Waals surface area contributed by atoms with Crippen LogP contribution in [0.2, 0.25) is 0 Å². The molecule has 0 bridgehead atoms. The van der Waals surface area contributed by atoms with Crippen molar-refractivity contribution in [2.75, 3.05) is 0 Å². The number of rotatable bonds is 2. The molecule has 0 saturated heterocycles. The van der Waals surface area contributed by atoms with Gasteiger partial charge in [0.25, 0.3) is 0 Å². The molecule has 2 aromatic heterocycles. The Morgan fingerprint density at radius 1 is 0.840 bits per heavy atom. The summed E-state index contributed by atoms with van der Waals surface area (Å²) in [5, 5.41) is 0. The van der Waals surface area contributed by atoms with Gasteiger partial charge in [-0.15, -0.1) is 0 Å². The van der Waals surface area contributed by atoms with Crippen molar-refractivity contribution in [2.24, 2.45) is 0 Å². The summed E-state index contributed by atoms with van der Waals surface area (Å²) in [6.07, 6.45) is 0. The van der Waals surface area contributed by atoms with Crippen molar-refractivity contribution in [3.63, 3.8) is 0 Å². The maximum absolute atomic E-state index is 5.96. The average Bonchev–Trinajstić information content (AvgIpc) is 3.15. The first-order valence-electron chi connectivity index (χ1n) is 8.63. The highest BCUT2D eigenvalue weighted by Crippen LogP contribution is 2.31. The standard InChI is InChI=1S/C21H22N2O2/c1-12(2)13-6-8-14(9-7-13)19-22-15-10-16-18(11-17(15)24-19)25-20(23-16)21(3,4)5/h6-12H,1-5H3. The van der Waals surface area contributed by atoms with Crippen molar-refractivity contribution in [1.29, 1.82) is 0 Å². The lowest BCUT2D eigenvalue weighted by molar-refractivity contribution is 0.411. The van der Waals surface area contributed by atoms with E-state index in [0.29, 0.717) is 17.4 Å². The first-order valence-corrected chi connectivity index (χ1v) is 8.63. The van der Waals surface area contributed by atoms with Crippen LogP contribution < -0.4 is 0 Å². The molecule has 0 aliphatic rings. The molecule has 0 spiro atoms. The summed E-state index contributed by atoms with van der Waals surface area (Å²) in [6.45, 7) is 10.6. The highest BCUT2D eigenvalue weighted by Gasteiger charge is 2.22. The van der Waals surface area contributed by atoms with Crippen molar-refractivity contribution >= 4 is 22.2 Å². The van der Waals surface area contributed by atoms with Gasteiger partial charge < -0.3 is 8.83 Å². The molecule has 4 heteroatoms. The third kappa shape index (κ3) is 2.82. The lowest BCUT2D eigenvalue weighted by atomic mass is 9.97. The minimum Gasteiger partial charge on any atom is -0.440 e. The number of fused-ring (bicyclic) bond motifs is 2. The summed E-state index contributed by atoms with van der Waals surface area (Å²) in [7, 11) is 0. The van der Waals surface area contributed by atoms with Crippen LogP contribution in [0.3, 0.4) is 0 Å². The molecule has 0 radical (unpaired) electrons. The molecule has 0 aliphatic heterocycles. The van der Waals surface area contributed by atoms with E-state index in [0.717, 1.165) is 28.1 Å². The van der Waals surface area contributed by atoms with Crippen LogP contribution in [-0.2, 0) is 5.41 Å². The lowest BCUT2D eigenvalue weighted by Crippen LogP contribution is -2.10. The summed E-state index contributed by atoms with van der Waals surface area (Å²) < 4.78 is 11.9. The second kappa shape index (κ2) is 5.45. The Bertz CT molecular complexity index is 996. The Kier molecular flexibility index (Phi) is 3.46. The molecule has 0 aliphatic carbocycles. The van der Waals surface area contributed by atoms with Crippen molar-refractivity contribution < 1.29 is 8.83 Å². The lowest BCUT2D eigenvalue weighted by Gasteiger charge is -2.11. The maximum atomic E-state index is 5.96. The highest BCUT2D eigenvalue weighted by molar-refractivity contribution is 5.90. The number of oxazole rings is 2. The summed E-state index contributed by atoms with van der Waals surface area (Å²) in [6, 6.07) is 12.2. The fraction of sp³-hybridized carbons (Fsp3) is 0.333. The summed E-state index contributed by atoms with van der Waals surface area (Å²) >= 11 is 0. The van der Waals surface area contributed by atoms with E-state index >= 15 is 0 Å². The van der Waals surface area contributed by atoms with E-state index in [1.54, 1.807) is 0 Å². The quantitative estimate of drug-likeness (QED) is 0.447. The molecule has 0 unspecified atom stereocenters. The highest BCUT2D eigenvalue weighted by atomic mass is 16.4. The number of benzene rings is 2. The van der Waals surface area contributed by atoms with Crippen LogP contribution in [0.5, 0.6) is 0 Å². The minimum atomic E-state index is -0.128. The molecule has 4 rings (SSSR count). The van der Waals surface area contributed by atoms with E-state index in [4.69, 9.17) is 8.83 Å². The Labute approximate surface area is 146 Å². The molecule has 0 saturated carbocycles. The summed E-state index contributed by atoms with van der Waals surface area (Å²) in [5.41, 5.74) is 5.20. The van der Waals surface area contributed by atoms with Gasteiger partial charge in [-0.25, -0.2) is 9.97 Å². The molecule has 2 heterocycles. The largest absolute Gasteiger partial charge is 0.440 e. The zero-order chi connectivity index (χ0) is 17.8. The van der Waals surface area contributed by atoms with E-state index in [1.807, 2.05) is 12.1 Å². The number of nitrogens with zero attached hydrogens (tertiary/aromatic N) is 2. The zero-order valence-electron chi connectivity index (χ0n) is 15.3. The molecule has 0 amide bonds. The Morgan fingerprint density at radius 2 is 1.48 bits per heavy atom. The fourth-order valence-electron chi connectivity index (χ4n) is 2.80. The van der Waals surface area contributed by atoms with Gasteiger partial charge in [-0.05, 0) is 29.7 Å². The second-order valence-electron chi connectivity index (χ2n) is 7.85. The molecule has 2 aromatic carbocycles. The number of aromatic nitrogens is 2. The smallest absolute Gasteiger partial charge is 0.227 e. The topological polar surface area (TPSA) is 52.1 Å². The summed E-state index contributed by atoms with van der Waals surface area (Å²) in [4.78, 5) is 9.23. The molecule has 128 valence electrons. The normalized spacial score (nSPS) is 12.6. The molecule has 0 N–H and O–H groups in total. The Balaban J connectivity index is 1.77. The van der Waals surface area contributed by atoms with E-state index in [9.17, 15) is 0 Å². The maximum Gasteiger partial charge on any atom is 0.227 e. The van der Waals surface area contributed by atoms with E-state index in [-0.39, 0.29) is 5.41 Å². The second-order valence-corrected chi connectivity index (χ2v) is 7.85. The van der Waals surface area contributed by atoms with Crippen molar-refractivity contribution in [3.05, 3.63) is 47.9 Å². The molecule has 4 aromatic rings. The van der Waals surface area contributed by atoms with Gasteiger partial charge in [0.15, 0.2) is 11.2 Å². The molecule has 4 nitrogen and oxygen atoms in total. The van der Waals surface area contributed by atoms with Crippen molar-refractivity contribution in [3.8, 4) is 11.5 Å². The van der Waals surface area contributed by atoms with Gasteiger partial charge in [0, 0.05) is 17.0 Å². The number of hydrogen-bond acceptors (Lipinski definition) is 4. The molecular weight excluding hydrogens is 312 g/mol. The molecular formula is C21H22N2O2. The van der Waals surface area contributed by atoms with Crippen molar-refractivity contribution in [1.82, 2.24) is 9.97 Å². The van der Waals surface area contributed by atoms with E-state index < -0.39 is 0 Å². The third-order valence-corrected chi connectivity index (χ3v) is 4.36. The zero-order valence-corrected chi connectivity index (χ0v) is 15.3. The Morgan fingerprint density at radius 3 is 2.12 bits per heavy atom. The van der Waals surface area contributed by atoms with Gasteiger partial charge in [-0.1, -0.05) is 46.8 Å².